The molecule has 25 heavy (non-hydrogen) atoms. The Balaban J connectivity index is 2.18. The molecule has 0 radical (unpaired) electrons. The zero-order valence-corrected chi connectivity index (χ0v) is 13.9. The van der Waals surface area contributed by atoms with Crippen LogP contribution in [0, 0.1) is 0 Å². The highest BCUT2D eigenvalue weighted by Gasteiger charge is 2.36. The molecule has 1 atom stereocenters. The molecule has 1 amide bonds. The van der Waals surface area contributed by atoms with Gasteiger partial charge in [-0.15, -0.1) is 0 Å². The fourth-order valence-corrected chi connectivity index (χ4v) is 2.81. The second-order valence-corrected chi connectivity index (χ2v) is 6.28. The zero-order valence-electron chi connectivity index (χ0n) is 13.1. The lowest BCUT2D eigenvalue weighted by Gasteiger charge is -2.19. The molecule has 9 heteroatoms. The van der Waals surface area contributed by atoms with E-state index in [-0.39, 0.29) is 22.4 Å². The second-order valence-electron chi connectivity index (χ2n) is 5.85. The number of hydrogen-bond acceptors (Lipinski definition) is 3. The Morgan fingerprint density at radius 3 is 2.52 bits per heavy atom. The number of amides is 1. The van der Waals surface area contributed by atoms with Crippen molar-refractivity contribution in [2.45, 2.75) is 50.4 Å². The predicted molar refractivity (Wildman–Crippen MR) is 83.9 cm³/mol. The first-order valence-corrected chi connectivity index (χ1v) is 8.10. The van der Waals surface area contributed by atoms with Crippen molar-refractivity contribution >= 4 is 23.5 Å². The highest BCUT2D eigenvalue weighted by Crippen LogP contribution is 2.29. The number of ether oxygens (including phenoxy) is 1. The number of rotatable bonds is 6. The molecule has 0 heterocycles. The molecule has 2 N–H and O–H groups in total. The molecular weight excluding hydrogens is 363 g/mol. The largest absolute Gasteiger partial charge is 0.490 e. The molecule has 0 aromatic heterocycles. The van der Waals surface area contributed by atoms with Gasteiger partial charge >= 0.3 is 12.1 Å². The molecule has 0 bridgehead atoms. The highest BCUT2D eigenvalue weighted by atomic mass is 35.5. The van der Waals surface area contributed by atoms with Crippen molar-refractivity contribution in [2.75, 3.05) is 0 Å². The van der Waals surface area contributed by atoms with E-state index in [0.717, 1.165) is 25.7 Å². The summed E-state index contributed by atoms with van der Waals surface area (Å²) in [5, 5.41) is 11.0. The monoisotopic (exact) mass is 379 g/mol. The summed E-state index contributed by atoms with van der Waals surface area (Å²) in [5.74, 6) is -2.58. The van der Waals surface area contributed by atoms with Crippen LogP contribution in [0.15, 0.2) is 18.2 Å². The fraction of sp³-hybridized carbons (Fsp3) is 0.500. The van der Waals surface area contributed by atoms with Gasteiger partial charge in [-0.05, 0) is 43.9 Å². The van der Waals surface area contributed by atoms with Gasteiger partial charge in [0, 0.05) is 5.02 Å². The normalized spacial score (nSPS) is 16.5. The van der Waals surface area contributed by atoms with Gasteiger partial charge in [-0.3, -0.25) is 4.79 Å². The van der Waals surface area contributed by atoms with Gasteiger partial charge in [0.1, 0.15) is 11.8 Å². The molecule has 0 aliphatic heterocycles. The molecule has 2 rings (SSSR count). The van der Waals surface area contributed by atoms with E-state index in [1.165, 1.54) is 18.2 Å². The number of benzene rings is 1. The van der Waals surface area contributed by atoms with E-state index in [9.17, 15) is 22.8 Å². The van der Waals surface area contributed by atoms with Crippen molar-refractivity contribution in [1.82, 2.24) is 5.32 Å². The van der Waals surface area contributed by atoms with Crippen LogP contribution in [0.5, 0.6) is 5.75 Å². The van der Waals surface area contributed by atoms with Crippen LogP contribution < -0.4 is 10.1 Å². The molecule has 5 nitrogen and oxygen atoms in total. The standard InChI is InChI=1S/C16H17ClF3NO4/c17-9-5-6-13(25-10-3-1-2-4-10)11(7-9)14(22)21-12(15(23)24)8-16(18,19)20/h5-7,10,12H,1-4,8H2,(H,21,22)(H,23,24). The molecule has 1 unspecified atom stereocenters. The van der Waals surface area contributed by atoms with Gasteiger partial charge in [0.15, 0.2) is 0 Å². The summed E-state index contributed by atoms with van der Waals surface area (Å²) in [7, 11) is 0. The van der Waals surface area contributed by atoms with Crippen molar-refractivity contribution in [3.63, 3.8) is 0 Å². The Labute approximate surface area is 147 Å². The van der Waals surface area contributed by atoms with Crippen LogP contribution >= 0.6 is 11.6 Å². The third-order valence-corrected chi connectivity index (χ3v) is 4.06. The molecule has 1 aliphatic carbocycles. The van der Waals surface area contributed by atoms with Crippen molar-refractivity contribution in [3.8, 4) is 5.75 Å². The van der Waals surface area contributed by atoms with Gasteiger partial charge < -0.3 is 15.2 Å². The lowest BCUT2D eigenvalue weighted by Crippen LogP contribution is -2.43. The Kier molecular flexibility index (Phi) is 6.16. The third kappa shape index (κ3) is 5.81. The minimum Gasteiger partial charge on any atom is -0.490 e. The number of halogens is 4. The van der Waals surface area contributed by atoms with Gasteiger partial charge in [-0.1, -0.05) is 11.6 Å². The summed E-state index contributed by atoms with van der Waals surface area (Å²) < 4.78 is 43.2. The Morgan fingerprint density at radius 1 is 1.32 bits per heavy atom. The number of alkyl halides is 3. The van der Waals surface area contributed by atoms with E-state index in [4.69, 9.17) is 21.4 Å². The number of carbonyl (C=O) groups is 2. The van der Waals surface area contributed by atoms with Crippen LogP contribution in [0.1, 0.15) is 42.5 Å². The van der Waals surface area contributed by atoms with Gasteiger partial charge in [0.05, 0.1) is 18.1 Å². The van der Waals surface area contributed by atoms with Crippen LogP contribution in [0.4, 0.5) is 13.2 Å². The molecular formula is C16H17ClF3NO4. The van der Waals surface area contributed by atoms with Crippen LogP contribution in [0.2, 0.25) is 5.02 Å². The summed E-state index contributed by atoms with van der Waals surface area (Å²) in [6, 6.07) is 2.10. The summed E-state index contributed by atoms with van der Waals surface area (Å²) in [6.45, 7) is 0. The Morgan fingerprint density at radius 2 is 1.96 bits per heavy atom. The van der Waals surface area contributed by atoms with E-state index in [2.05, 4.69) is 0 Å². The SMILES string of the molecule is O=C(NC(CC(F)(F)F)C(=O)O)c1cc(Cl)ccc1OC1CCCC1. The van der Waals surface area contributed by atoms with Crippen molar-refractivity contribution in [3.05, 3.63) is 28.8 Å². The Bertz CT molecular complexity index is 645. The number of hydrogen-bond donors (Lipinski definition) is 2. The first-order valence-electron chi connectivity index (χ1n) is 7.72. The van der Waals surface area contributed by atoms with E-state index >= 15 is 0 Å². The van der Waals surface area contributed by atoms with Crippen LogP contribution in [0.3, 0.4) is 0 Å². The third-order valence-electron chi connectivity index (χ3n) is 3.82. The minimum atomic E-state index is -4.73. The average Bonchev–Trinajstić information content (AvgIpc) is 2.99. The van der Waals surface area contributed by atoms with Crippen molar-refractivity contribution in [1.29, 1.82) is 0 Å². The Hall–Kier alpha value is -1.96. The maximum Gasteiger partial charge on any atom is 0.391 e. The molecule has 1 aromatic carbocycles. The van der Waals surface area contributed by atoms with Gasteiger partial charge in [0.2, 0.25) is 0 Å². The van der Waals surface area contributed by atoms with E-state index in [1.807, 2.05) is 5.32 Å². The number of carboxylic acids is 1. The second kappa shape index (κ2) is 7.95. The first-order chi connectivity index (χ1) is 11.7. The molecule has 1 aliphatic rings. The first kappa shape index (κ1) is 19.4. The van der Waals surface area contributed by atoms with Crippen LogP contribution in [0.25, 0.3) is 0 Å². The zero-order chi connectivity index (χ0) is 18.6. The van der Waals surface area contributed by atoms with Crippen LogP contribution in [-0.4, -0.2) is 35.3 Å². The average molecular weight is 380 g/mol. The molecule has 0 saturated heterocycles. The van der Waals surface area contributed by atoms with Gasteiger partial charge in [-0.2, -0.15) is 13.2 Å². The summed E-state index contributed by atoms with van der Waals surface area (Å²) in [6.07, 6.45) is -2.87. The number of nitrogens with one attached hydrogen (secondary N) is 1. The quantitative estimate of drug-likeness (QED) is 0.788. The number of carboxylic acid groups (broad SMARTS) is 1. The topological polar surface area (TPSA) is 75.6 Å². The van der Waals surface area contributed by atoms with Gasteiger partial charge in [0.25, 0.3) is 5.91 Å². The van der Waals surface area contributed by atoms with Crippen molar-refractivity contribution < 1.29 is 32.6 Å². The molecule has 1 saturated carbocycles. The van der Waals surface area contributed by atoms with Crippen LogP contribution in [-0.2, 0) is 4.79 Å². The maximum absolute atomic E-state index is 12.5. The molecule has 138 valence electrons. The smallest absolute Gasteiger partial charge is 0.391 e. The predicted octanol–water partition coefficient (Wildman–Crippen LogP) is 3.80. The highest BCUT2D eigenvalue weighted by molar-refractivity contribution is 6.31. The number of aliphatic carboxylic acids is 1. The fourth-order valence-electron chi connectivity index (χ4n) is 2.64. The molecule has 0 spiro atoms. The van der Waals surface area contributed by atoms with Crippen molar-refractivity contribution in [2.24, 2.45) is 0 Å². The molecule has 1 aromatic rings. The summed E-state index contributed by atoms with van der Waals surface area (Å²) >= 11 is 5.85. The van der Waals surface area contributed by atoms with E-state index < -0.39 is 30.5 Å². The minimum absolute atomic E-state index is 0.0850. The lowest BCUT2D eigenvalue weighted by molar-refractivity contribution is -0.157. The van der Waals surface area contributed by atoms with E-state index in [1.54, 1.807) is 0 Å². The van der Waals surface area contributed by atoms with Gasteiger partial charge in [-0.25, -0.2) is 4.79 Å². The summed E-state index contributed by atoms with van der Waals surface area (Å²) in [5.41, 5.74) is -0.0900. The van der Waals surface area contributed by atoms with E-state index in [0.29, 0.717) is 0 Å². The summed E-state index contributed by atoms with van der Waals surface area (Å²) in [4.78, 5) is 23.3. The maximum atomic E-state index is 12.5. The number of carbonyl (C=O) groups excluding carboxylic acids is 1. The lowest BCUT2D eigenvalue weighted by atomic mass is 10.1. The molecule has 1 fully saturated rings.